The van der Waals surface area contributed by atoms with E-state index in [4.69, 9.17) is 5.84 Å². The first kappa shape index (κ1) is 15.5. The summed E-state index contributed by atoms with van der Waals surface area (Å²) < 4.78 is 40.5. The summed E-state index contributed by atoms with van der Waals surface area (Å²) in [7, 11) is 0. The summed E-state index contributed by atoms with van der Waals surface area (Å²) in [6.07, 6.45) is 0. The molecule has 2 aromatic carbocycles. The van der Waals surface area contributed by atoms with Gasteiger partial charge in [0.25, 0.3) is 0 Å². The van der Waals surface area contributed by atoms with Crippen molar-refractivity contribution < 1.29 is 13.2 Å². The van der Waals surface area contributed by atoms with Crippen LogP contribution in [0.15, 0.2) is 24.3 Å². The van der Waals surface area contributed by atoms with Crippen molar-refractivity contribution in [2.75, 3.05) is 0 Å². The SMILES string of the molecule is Cc1cc(C)c(C(NN)c2ccc(F)c(F)c2F)c(C)c1. The Morgan fingerprint density at radius 1 is 0.952 bits per heavy atom. The zero-order valence-corrected chi connectivity index (χ0v) is 12.1. The Kier molecular flexibility index (Phi) is 4.34. The summed E-state index contributed by atoms with van der Waals surface area (Å²) in [4.78, 5) is 0. The molecule has 0 aliphatic carbocycles. The summed E-state index contributed by atoms with van der Waals surface area (Å²) >= 11 is 0. The van der Waals surface area contributed by atoms with Crippen LogP contribution in [0.25, 0.3) is 0 Å². The standard InChI is InChI=1S/C16H17F3N2/c1-8-6-9(2)13(10(3)7-8)16(21-20)11-4-5-12(17)15(19)14(11)18/h4-7,16,21H,20H2,1-3H3. The molecule has 3 N–H and O–H groups in total. The average Bonchev–Trinajstić information content (AvgIpc) is 2.41. The van der Waals surface area contributed by atoms with E-state index >= 15 is 0 Å². The number of hydrazine groups is 1. The van der Waals surface area contributed by atoms with E-state index in [0.717, 1.165) is 28.3 Å². The van der Waals surface area contributed by atoms with E-state index in [-0.39, 0.29) is 5.56 Å². The van der Waals surface area contributed by atoms with E-state index in [1.165, 1.54) is 6.07 Å². The Morgan fingerprint density at radius 2 is 1.52 bits per heavy atom. The molecule has 5 heteroatoms. The van der Waals surface area contributed by atoms with Crippen LogP contribution >= 0.6 is 0 Å². The van der Waals surface area contributed by atoms with E-state index in [0.29, 0.717) is 0 Å². The molecular weight excluding hydrogens is 277 g/mol. The van der Waals surface area contributed by atoms with Crippen molar-refractivity contribution in [1.29, 1.82) is 0 Å². The summed E-state index contributed by atoms with van der Waals surface area (Å²) in [6.45, 7) is 5.70. The molecule has 21 heavy (non-hydrogen) atoms. The maximum atomic E-state index is 14.0. The lowest BCUT2D eigenvalue weighted by atomic mass is 9.90. The van der Waals surface area contributed by atoms with Crippen LogP contribution in [0.5, 0.6) is 0 Å². The molecule has 0 saturated heterocycles. The second-order valence-electron chi connectivity index (χ2n) is 5.18. The fourth-order valence-corrected chi connectivity index (χ4v) is 2.74. The van der Waals surface area contributed by atoms with Crippen LogP contribution in [0, 0.1) is 38.2 Å². The Labute approximate surface area is 121 Å². The van der Waals surface area contributed by atoms with Crippen LogP contribution in [-0.2, 0) is 0 Å². The first-order valence-electron chi connectivity index (χ1n) is 6.54. The fourth-order valence-electron chi connectivity index (χ4n) is 2.74. The average molecular weight is 294 g/mol. The maximum absolute atomic E-state index is 14.0. The van der Waals surface area contributed by atoms with Gasteiger partial charge in [-0.05, 0) is 43.5 Å². The third-order valence-corrected chi connectivity index (χ3v) is 3.57. The van der Waals surface area contributed by atoms with Gasteiger partial charge in [0.05, 0.1) is 6.04 Å². The van der Waals surface area contributed by atoms with Gasteiger partial charge in [0.2, 0.25) is 0 Å². The van der Waals surface area contributed by atoms with E-state index < -0.39 is 23.5 Å². The highest BCUT2D eigenvalue weighted by Gasteiger charge is 2.24. The lowest BCUT2D eigenvalue weighted by molar-refractivity contribution is 0.433. The van der Waals surface area contributed by atoms with Crippen molar-refractivity contribution in [3.05, 3.63) is 69.5 Å². The molecule has 0 fully saturated rings. The van der Waals surface area contributed by atoms with E-state index in [1.54, 1.807) is 0 Å². The van der Waals surface area contributed by atoms with Crippen LogP contribution in [-0.4, -0.2) is 0 Å². The van der Waals surface area contributed by atoms with Crippen molar-refractivity contribution in [1.82, 2.24) is 5.43 Å². The number of hydrogen-bond acceptors (Lipinski definition) is 2. The van der Waals surface area contributed by atoms with Crippen LogP contribution in [0.1, 0.15) is 33.9 Å². The van der Waals surface area contributed by atoms with Gasteiger partial charge in [-0.3, -0.25) is 5.84 Å². The molecule has 0 aliphatic rings. The predicted octanol–water partition coefficient (Wildman–Crippen LogP) is 3.58. The van der Waals surface area contributed by atoms with E-state index in [2.05, 4.69) is 5.43 Å². The number of hydrogen-bond donors (Lipinski definition) is 2. The van der Waals surface area contributed by atoms with Gasteiger partial charge in [-0.25, -0.2) is 18.6 Å². The van der Waals surface area contributed by atoms with Gasteiger partial charge in [0.1, 0.15) is 0 Å². The third kappa shape index (κ3) is 2.80. The molecule has 0 bridgehead atoms. The van der Waals surface area contributed by atoms with Gasteiger partial charge in [-0.1, -0.05) is 23.8 Å². The fraction of sp³-hybridized carbons (Fsp3) is 0.250. The number of rotatable bonds is 3. The molecule has 0 aromatic heterocycles. The minimum Gasteiger partial charge on any atom is -0.271 e. The number of nitrogens with one attached hydrogen (secondary N) is 1. The molecule has 0 amide bonds. The Hall–Kier alpha value is -1.85. The summed E-state index contributed by atoms with van der Waals surface area (Å²) in [6, 6.07) is 5.23. The molecule has 2 rings (SSSR count). The lowest BCUT2D eigenvalue weighted by Crippen LogP contribution is -2.31. The molecule has 0 heterocycles. The molecule has 2 aromatic rings. The van der Waals surface area contributed by atoms with E-state index in [1.807, 2.05) is 32.9 Å². The highest BCUT2D eigenvalue weighted by atomic mass is 19.2. The minimum absolute atomic E-state index is 0.0218. The smallest absolute Gasteiger partial charge is 0.194 e. The highest BCUT2D eigenvalue weighted by molar-refractivity contribution is 5.44. The van der Waals surface area contributed by atoms with Gasteiger partial charge in [-0.2, -0.15) is 0 Å². The number of halogens is 3. The highest BCUT2D eigenvalue weighted by Crippen LogP contribution is 2.31. The van der Waals surface area contributed by atoms with Crippen molar-refractivity contribution in [3.8, 4) is 0 Å². The Balaban J connectivity index is 2.64. The summed E-state index contributed by atoms with van der Waals surface area (Å²) in [5.74, 6) is 1.60. The second kappa shape index (κ2) is 5.87. The van der Waals surface area contributed by atoms with Gasteiger partial charge >= 0.3 is 0 Å². The first-order chi connectivity index (χ1) is 9.86. The minimum atomic E-state index is -1.49. The summed E-state index contributed by atoms with van der Waals surface area (Å²) in [5, 5.41) is 0. The van der Waals surface area contributed by atoms with Crippen molar-refractivity contribution in [2.45, 2.75) is 26.8 Å². The van der Waals surface area contributed by atoms with Crippen molar-refractivity contribution >= 4 is 0 Å². The Morgan fingerprint density at radius 3 is 2.05 bits per heavy atom. The van der Waals surface area contributed by atoms with Crippen molar-refractivity contribution in [3.63, 3.8) is 0 Å². The van der Waals surface area contributed by atoms with Crippen LogP contribution in [0.3, 0.4) is 0 Å². The number of nitrogens with two attached hydrogens (primary N) is 1. The molecule has 1 atom stereocenters. The molecule has 0 saturated carbocycles. The molecule has 112 valence electrons. The van der Waals surface area contributed by atoms with Gasteiger partial charge in [0.15, 0.2) is 17.5 Å². The monoisotopic (exact) mass is 294 g/mol. The molecule has 0 spiro atoms. The maximum Gasteiger partial charge on any atom is 0.194 e. The summed E-state index contributed by atoms with van der Waals surface area (Å²) in [5.41, 5.74) is 6.10. The van der Waals surface area contributed by atoms with Crippen molar-refractivity contribution in [2.24, 2.45) is 5.84 Å². The first-order valence-corrected chi connectivity index (χ1v) is 6.54. The number of benzene rings is 2. The topological polar surface area (TPSA) is 38.0 Å². The van der Waals surface area contributed by atoms with Gasteiger partial charge in [-0.15, -0.1) is 0 Å². The second-order valence-corrected chi connectivity index (χ2v) is 5.18. The normalized spacial score (nSPS) is 12.5. The predicted molar refractivity (Wildman–Crippen MR) is 76.1 cm³/mol. The van der Waals surface area contributed by atoms with E-state index in [9.17, 15) is 13.2 Å². The van der Waals surface area contributed by atoms with Crippen LogP contribution in [0.2, 0.25) is 0 Å². The van der Waals surface area contributed by atoms with Crippen LogP contribution < -0.4 is 11.3 Å². The number of aryl methyl sites for hydroxylation is 3. The zero-order chi connectivity index (χ0) is 15.7. The van der Waals surface area contributed by atoms with Gasteiger partial charge in [0, 0.05) is 5.56 Å². The largest absolute Gasteiger partial charge is 0.271 e. The zero-order valence-electron chi connectivity index (χ0n) is 12.1. The molecule has 2 nitrogen and oxygen atoms in total. The van der Waals surface area contributed by atoms with Gasteiger partial charge < -0.3 is 0 Å². The quantitative estimate of drug-likeness (QED) is 0.516. The molecule has 1 unspecified atom stereocenters. The third-order valence-electron chi connectivity index (χ3n) is 3.57. The van der Waals surface area contributed by atoms with Crippen LogP contribution in [0.4, 0.5) is 13.2 Å². The molecule has 0 aliphatic heterocycles. The lowest BCUT2D eigenvalue weighted by Gasteiger charge is -2.22. The Bertz CT molecular complexity index is 660. The molecular formula is C16H17F3N2. The molecule has 0 radical (unpaired) electrons.